The molecular weight excluding hydrogens is 280 g/mol. The quantitative estimate of drug-likeness (QED) is 0.794. The van der Waals surface area contributed by atoms with Crippen LogP contribution < -0.4 is 10.1 Å². The van der Waals surface area contributed by atoms with Crippen LogP contribution in [0.3, 0.4) is 0 Å². The van der Waals surface area contributed by atoms with Crippen LogP contribution >= 0.6 is 0 Å². The number of aryl methyl sites for hydroxylation is 3. The summed E-state index contributed by atoms with van der Waals surface area (Å²) < 4.78 is 10.7. The van der Waals surface area contributed by atoms with E-state index >= 15 is 0 Å². The van der Waals surface area contributed by atoms with Gasteiger partial charge in [0.1, 0.15) is 22.8 Å². The van der Waals surface area contributed by atoms with Crippen LogP contribution in [0.1, 0.15) is 24.0 Å². The number of hydrogen-bond donors (Lipinski definition) is 1. The third kappa shape index (κ3) is 2.47. The largest absolute Gasteiger partial charge is 0.495 e. The zero-order valence-corrected chi connectivity index (χ0v) is 13.1. The number of nitrogens with zero attached hydrogens (tertiary/aromatic N) is 3. The first-order valence-electron chi connectivity index (χ1n) is 7.17. The molecule has 0 aliphatic carbocycles. The fraction of sp³-hybridized carbons (Fsp3) is 0.312. The van der Waals surface area contributed by atoms with Crippen molar-refractivity contribution < 1.29 is 9.26 Å². The summed E-state index contributed by atoms with van der Waals surface area (Å²) in [6, 6.07) is 5.94. The van der Waals surface area contributed by atoms with E-state index in [0.29, 0.717) is 17.4 Å². The molecule has 0 saturated heterocycles. The fourth-order valence-corrected chi connectivity index (χ4v) is 2.40. The van der Waals surface area contributed by atoms with E-state index in [1.54, 1.807) is 7.11 Å². The number of benzene rings is 1. The van der Waals surface area contributed by atoms with E-state index in [-0.39, 0.29) is 0 Å². The lowest BCUT2D eigenvalue weighted by molar-refractivity contribution is 0.416. The summed E-state index contributed by atoms with van der Waals surface area (Å²) in [6.45, 7) is 5.88. The third-order valence-corrected chi connectivity index (χ3v) is 3.46. The lowest BCUT2D eigenvalue weighted by Gasteiger charge is -2.12. The molecule has 1 N–H and O–H groups in total. The van der Waals surface area contributed by atoms with E-state index < -0.39 is 0 Å². The Hall–Kier alpha value is -2.63. The molecule has 0 atom stereocenters. The second-order valence-electron chi connectivity index (χ2n) is 5.11. The Morgan fingerprint density at radius 2 is 2.05 bits per heavy atom. The van der Waals surface area contributed by atoms with E-state index in [1.807, 2.05) is 39.0 Å². The Labute approximate surface area is 128 Å². The molecule has 2 aromatic heterocycles. The maximum Gasteiger partial charge on any atom is 0.263 e. The monoisotopic (exact) mass is 298 g/mol. The normalized spacial score (nSPS) is 10.9. The molecule has 0 fully saturated rings. The van der Waals surface area contributed by atoms with Crippen molar-refractivity contribution in [1.29, 1.82) is 0 Å². The lowest BCUT2D eigenvalue weighted by atomic mass is 10.2. The molecule has 0 radical (unpaired) electrons. The summed E-state index contributed by atoms with van der Waals surface area (Å²) in [5.74, 6) is 2.06. The standard InChI is InChI=1S/C16H18N4O2/c1-5-11-14-15(17-10(3)18-16(14)22-20-11)19-12-8-9(2)6-7-13(12)21-4/h6-8H,5H2,1-4H3,(H,17,18,19). The van der Waals surface area contributed by atoms with Crippen molar-refractivity contribution in [3.05, 3.63) is 35.3 Å². The van der Waals surface area contributed by atoms with Crippen LogP contribution in [0.25, 0.3) is 11.1 Å². The molecule has 114 valence electrons. The Balaban J connectivity index is 2.14. The van der Waals surface area contributed by atoms with Crippen molar-refractivity contribution >= 4 is 22.6 Å². The van der Waals surface area contributed by atoms with Gasteiger partial charge in [-0.1, -0.05) is 18.1 Å². The van der Waals surface area contributed by atoms with Crippen LogP contribution in [0, 0.1) is 13.8 Å². The summed E-state index contributed by atoms with van der Waals surface area (Å²) >= 11 is 0. The number of anilines is 2. The van der Waals surface area contributed by atoms with Crippen molar-refractivity contribution in [3.8, 4) is 5.75 Å². The average Bonchev–Trinajstić information content (AvgIpc) is 2.90. The summed E-state index contributed by atoms with van der Waals surface area (Å²) in [5, 5.41) is 8.22. The number of nitrogens with one attached hydrogen (secondary N) is 1. The molecule has 22 heavy (non-hydrogen) atoms. The number of methoxy groups -OCH3 is 1. The van der Waals surface area contributed by atoms with Gasteiger partial charge in [-0.2, -0.15) is 4.98 Å². The molecule has 0 aliphatic heterocycles. The molecule has 0 saturated carbocycles. The van der Waals surface area contributed by atoms with Gasteiger partial charge in [-0.3, -0.25) is 0 Å². The average molecular weight is 298 g/mol. The second-order valence-corrected chi connectivity index (χ2v) is 5.11. The first-order chi connectivity index (χ1) is 10.6. The van der Waals surface area contributed by atoms with Crippen molar-refractivity contribution in [3.63, 3.8) is 0 Å². The number of fused-ring (bicyclic) bond motifs is 1. The molecule has 1 aromatic carbocycles. The smallest absolute Gasteiger partial charge is 0.263 e. The first kappa shape index (κ1) is 14.3. The maximum absolute atomic E-state index is 5.41. The number of rotatable bonds is 4. The van der Waals surface area contributed by atoms with Crippen molar-refractivity contribution in [2.45, 2.75) is 27.2 Å². The molecule has 6 nitrogen and oxygen atoms in total. The van der Waals surface area contributed by atoms with Gasteiger partial charge in [0.25, 0.3) is 5.71 Å². The van der Waals surface area contributed by atoms with E-state index in [0.717, 1.165) is 34.5 Å². The molecule has 0 spiro atoms. The van der Waals surface area contributed by atoms with E-state index in [2.05, 4.69) is 20.4 Å². The molecule has 0 amide bonds. The zero-order chi connectivity index (χ0) is 15.7. The third-order valence-electron chi connectivity index (χ3n) is 3.46. The Bertz CT molecular complexity index is 826. The molecule has 0 bridgehead atoms. The minimum atomic E-state index is 0.499. The van der Waals surface area contributed by atoms with Crippen molar-refractivity contribution in [2.24, 2.45) is 0 Å². The Morgan fingerprint density at radius 1 is 1.23 bits per heavy atom. The van der Waals surface area contributed by atoms with Gasteiger partial charge < -0.3 is 14.6 Å². The van der Waals surface area contributed by atoms with Gasteiger partial charge in [-0.05, 0) is 38.0 Å². The fourth-order valence-electron chi connectivity index (χ4n) is 2.40. The highest BCUT2D eigenvalue weighted by Crippen LogP contribution is 2.32. The minimum absolute atomic E-state index is 0.499. The second kappa shape index (κ2) is 5.63. The number of ether oxygens (including phenoxy) is 1. The number of aromatic nitrogens is 3. The van der Waals surface area contributed by atoms with Crippen LogP contribution in [0.2, 0.25) is 0 Å². The SMILES string of the molecule is CCc1noc2nc(C)nc(Nc3cc(C)ccc3OC)c12. The predicted octanol–water partition coefficient (Wildman–Crippen LogP) is 3.55. The highest BCUT2D eigenvalue weighted by atomic mass is 16.5. The molecule has 2 heterocycles. The summed E-state index contributed by atoms with van der Waals surface area (Å²) in [4.78, 5) is 8.80. The summed E-state index contributed by atoms with van der Waals surface area (Å²) in [7, 11) is 1.65. The van der Waals surface area contributed by atoms with Gasteiger partial charge in [0, 0.05) is 0 Å². The highest BCUT2D eigenvalue weighted by Gasteiger charge is 2.16. The number of hydrogen-bond acceptors (Lipinski definition) is 6. The maximum atomic E-state index is 5.41. The van der Waals surface area contributed by atoms with Crippen LogP contribution in [0.5, 0.6) is 5.75 Å². The summed E-state index contributed by atoms with van der Waals surface area (Å²) in [6.07, 6.45) is 0.749. The van der Waals surface area contributed by atoms with Crippen LogP contribution in [-0.4, -0.2) is 22.2 Å². The van der Waals surface area contributed by atoms with Gasteiger partial charge >= 0.3 is 0 Å². The highest BCUT2D eigenvalue weighted by molar-refractivity contribution is 5.90. The molecule has 0 unspecified atom stereocenters. The Morgan fingerprint density at radius 3 is 2.77 bits per heavy atom. The Kier molecular flexibility index (Phi) is 3.66. The van der Waals surface area contributed by atoms with Gasteiger partial charge in [0.2, 0.25) is 0 Å². The van der Waals surface area contributed by atoms with Crippen LogP contribution in [0.4, 0.5) is 11.5 Å². The molecule has 6 heteroatoms. The van der Waals surface area contributed by atoms with E-state index in [9.17, 15) is 0 Å². The van der Waals surface area contributed by atoms with E-state index in [1.165, 1.54) is 0 Å². The van der Waals surface area contributed by atoms with Gasteiger partial charge in [-0.15, -0.1) is 0 Å². The van der Waals surface area contributed by atoms with Gasteiger partial charge in [0.05, 0.1) is 18.5 Å². The minimum Gasteiger partial charge on any atom is -0.495 e. The molecule has 0 aliphatic rings. The molecule has 3 aromatic rings. The lowest BCUT2D eigenvalue weighted by Crippen LogP contribution is -2.01. The molecular formula is C16H18N4O2. The van der Waals surface area contributed by atoms with Crippen molar-refractivity contribution in [1.82, 2.24) is 15.1 Å². The first-order valence-corrected chi connectivity index (χ1v) is 7.17. The topological polar surface area (TPSA) is 73.1 Å². The zero-order valence-electron chi connectivity index (χ0n) is 13.1. The summed E-state index contributed by atoms with van der Waals surface area (Å²) in [5.41, 5.74) is 3.32. The van der Waals surface area contributed by atoms with Crippen molar-refractivity contribution in [2.75, 3.05) is 12.4 Å². The molecule has 3 rings (SSSR count). The van der Waals surface area contributed by atoms with Gasteiger partial charge in [0.15, 0.2) is 0 Å². The van der Waals surface area contributed by atoms with E-state index in [4.69, 9.17) is 9.26 Å². The van der Waals surface area contributed by atoms with Gasteiger partial charge in [-0.25, -0.2) is 4.98 Å². The van der Waals surface area contributed by atoms with Crippen LogP contribution in [0.15, 0.2) is 22.7 Å². The predicted molar refractivity (Wildman–Crippen MR) is 84.7 cm³/mol. The van der Waals surface area contributed by atoms with Crippen LogP contribution in [-0.2, 0) is 6.42 Å².